The average Bonchev–Trinajstić information content (AvgIpc) is 3.56. The Labute approximate surface area is 226 Å². The van der Waals surface area contributed by atoms with Crippen molar-refractivity contribution in [1.29, 1.82) is 0 Å². The van der Waals surface area contributed by atoms with Gasteiger partial charge in [0.1, 0.15) is 11.9 Å². The van der Waals surface area contributed by atoms with Crippen LogP contribution in [0, 0.1) is 11.8 Å². The van der Waals surface area contributed by atoms with Crippen molar-refractivity contribution in [1.82, 2.24) is 19.9 Å². The minimum atomic E-state index is -0.942. The first-order valence-electron chi connectivity index (χ1n) is 13.4. The van der Waals surface area contributed by atoms with Crippen LogP contribution in [0.4, 0.5) is 0 Å². The number of aliphatic carboxylic acids is 1. The van der Waals surface area contributed by atoms with Crippen molar-refractivity contribution in [2.75, 3.05) is 13.1 Å². The number of likely N-dealkylation sites (tertiary alicyclic amines) is 1. The fourth-order valence-corrected chi connectivity index (χ4v) is 6.17. The van der Waals surface area contributed by atoms with Crippen molar-refractivity contribution in [3.63, 3.8) is 0 Å². The van der Waals surface area contributed by atoms with Gasteiger partial charge < -0.3 is 24.2 Å². The Morgan fingerprint density at radius 3 is 2.58 bits per heavy atom. The van der Waals surface area contributed by atoms with Crippen LogP contribution >= 0.6 is 11.6 Å². The van der Waals surface area contributed by atoms with Crippen LogP contribution < -0.4 is 4.74 Å². The van der Waals surface area contributed by atoms with Crippen LogP contribution in [0.2, 0.25) is 5.02 Å². The van der Waals surface area contributed by atoms with Crippen LogP contribution in [0.3, 0.4) is 0 Å². The van der Waals surface area contributed by atoms with E-state index in [-0.39, 0.29) is 24.3 Å². The van der Waals surface area contributed by atoms with Crippen LogP contribution in [-0.2, 0) is 27.4 Å². The number of benzene rings is 1. The van der Waals surface area contributed by atoms with Gasteiger partial charge in [-0.2, -0.15) is 4.98 Å². The second-order valence-electron chi connectivity index (χ2n) is 10.6. The summed E-state index contributed by atoms with van der Waals surface area (Å²) in [7, 11) is 0. The summed E-state index contributed by atoms with van der Waals surface area (Å²) in [4.78, 5) is 46.8. The molecule has 204 valence electrons. The molecule has 0 bridgehead atoms. The number of carboxylic acids is 1. The molecule has 1 saturated carbocycles. The molecular formula is C27H33ClN4O6. The smallest absolute Gasteiger partial charge is 0.307 e. The van der Waals surface area contributed by atoms with Gasteiger partial charge in [0.2, 0.25) is 23.5 Å². The number of amides is 2. The van der Waals surface area contributed by atoms with E-state index >= 15 is 0 Å². The van der Waals surface area contributed by atoms with Gasteiger partial charge in [0.25, 0.3) is 0 Å². The highest BCUT2D eigenvalue weighted by Crippen LogP contribution is 2.45. The molecule has 3 aliphatic rings. The summed E-state index contributed by atoms with van der Waals surface area (Å²) in [6.07, 6.45) is 3.43. The molecule has 1 saturated heterocycles. The molecule has 2 aliphatic heterocycles. The SMILES string of the molecule is CC(C)c1nc(COc2ccc(Cl)c3c2C(N2CCCC2=O)N(C(=O)[C@@H]2CCCCC2C(=O)O)CC3)no1. The van der Waals surface area contributed by atoms with Crippen molar-refractivity contribution in [2.45, 2.75) is 77.5 Å². The van der Waals surface area contributed by atoms with Crippen LogP contribution in [0.15, 0.2) is 16.7 Å². The maximum absolute atomic E-state index is 14.0. The van der Waals surface area contributed by atoms with E-state index in [1.54, 1.807) is 21.9 Å². The standard InChI is InChI=1S/C27H33ClN4O6/c1-15(2)24-29-21(30-38-24)14-37-20-10-9-19(28)18-11-13-32(25(23(18)20)31-12-5-8-22(31)33)26(34)16-6-3-4-7-17(16)27(35)36/h9-10,15-17,25H,3-8,11-14H2,1-2H3,(H,35,36)/t16-,17?,25?/m1/s1. The van der Waals surface area contributed by atoms with Gasteiger partial charge in [0.15, 0.2) is 6.61 Å². The second-order valence-corrected chi connectivity index (χ2v) is 11.0. The normalized spacial score (nSPS) is 23.6. The third-order valence-corrected chi connectivity index (χ3v) is 8.19. The van der Waals surface area contributed by atoms with Gasteiger partial charge in [-0.3, -0.25) is 14.4 Å². The van der Waals surface area contributed by atoms with Crippen molar-refractivity contribution in [3.8, 4) is 5.75 Å². The number of carbonyl (C=O) groups excluding carboxylic acids is 2. The molecule has 2 unspecified atom stereocenters. The molecule has 0 spiro atoms. The quantitative estimate of drug-likeness (QED) is 0.546. The largest absolute Gasteiger partial charge is 0.485 e. The monoisotopic (exact) mass is 544 g/mol. The van der Waals surface area contributed by atoms with Gasteiger partial charge >= 0.3 is 5.97 Å². The molecule has 2 fully saturated rings. The summed E-state index contributed by atoms with van der Waals surface area (Å²) in [6, 6.07) is 3.50. The number of nitrogens with zero attached hydrogens (tertiary/aromatic N) is 4. The summed E-state index contributed by atoms with van der Waals surface area (Å²) in [6.45, 7) is 4.79. The first kappa shape index (κ1) is 26.5. The third-order valence-electron chi connectivity index (χ3n) is 7.84. The number of rotatable bonds is 7. The van der Waals surface area contributed by atoms with Gasteiger partial charge in [-0.1, -0.05) is 43.4 Å². The lowest BCUT2D eigenvalue weighted by molar-refractivity contribution is -0.157. The van der Waals surface area contributed by atoms with Gasteiger partial charge in [0.05, 0.1) is 11.8 Å². The Bertz CT molecular complexity index is 1230. The molecule has 2 amide bonds. The fourth-order valence-electron chi connectivity index (χ4n) is 5.91. The summed E-state index contributed by atoms with van der Waals surface area (Å²) >= 11 is 6.64. The van der Waals surface area contributed by atoms with E-state index in [4.69, 9.17) is 20.9 Å². The fraction of sp³-hybridized carbons (Fsp3) is 0.593. The molecule has 3 atom stereocenters. The van der Waals surface area contributed by atoms with Gasteiger partial charge in [-0.25, -0.2) is 0 Å². The summed E-state index contributed by atoms with van der Waals surface area (Å²) in [5, 5.41) is 14.4. The maximum atomic E-state index is 14.0. The van der Waals surface area contributed by atoms with Crippen LogP contribution in [-0.4, -0.2) is 55.9 Å². The van der Waals surface area contributed by atoms with E-state index in [0.717, 1.165) is 18.4 Å². The van der Waals surface area contributed by atoms with E-state index in [1.807, 2.05) is 13.8 Å². The number of ether oxygens (including phenoxy) is 1. The number of halogens is 1. The molecule has 11 heteroatoms. The number of hydrogen-bond acceptors (Lipinski definition) is 7. The molecule has 38 heavy (non-hydrogen) atoms. The zero-order chi connectivity index (χ0) is 27.0. The Hall–Kier alpha value is -3.14. The number of carbonyl (C=O) groups is 3. The Balaban J connectivity index is 1.51. The second kappa shape index (κ2) is 10.9. The minimum Gasteiger partial charge on any atom is -0.485 e. The highest BCUT2D eigenvalue weighted by atomic mass is 35.5. The van der Waals surface area contributed by atoms with E-state index in [9.17, 15) is 19.5 Å². The number of hydrogen-bond donors (Lipinski definition) is 1. The summed E-state index contributed by atoms with van der Waals surface area (Å²) in [5.41, 5.74) is 1.50. The minimum absolute atomic E-state index is 0.0443. The topological polar surface area (TPSA) is 126 Å². The van der Waals surface area contributed by atoms with E-state index in [0.29, 0.717) is 73.2 Å². The molecule has 1 aromatic heterocycles. The molecule has 10 nitrogen and oxygen atoms in total. The highest BCUT2D eigenvalue weighted by Gasteiger charge is 2.46. The molecule has 5 rings (SSSR count). The number of aromatic nitrogens is 2. The van der Waals surface area contributed by atoms with Gasteiger partial charge in [0, 0.05) is 36.0 Å². The average molecular weight is 545 g/mol. The van der Waals surface area contributed by atoms with Gasteiger partial charge in [-0.15, -0.1) is 0 Å². The summed E-state index contributed by atoms with van der Waals surface area (Å²) < 4.78 is 11.5. The van der Waals surface area contributed by atoms with Crippen LogP contribution in [0.25, 0.3) is 0 Å². The van der Waals surface area contributed by atoms with Crippen molar-refractivity contribution in [3.05, 3.63) is 40.0 Å². The molecule has 3 heterocycles. The third kappa shape index (κ3) is 4.98. The van der Waals surface area contributed by atoms with E-state index in [1.165, 1.54) is 0 Å². The predicted molar refractivity (Wildman–Crippen MR) is 136 cm³/mol. The lowest BCUT2D eigenvalue weighted by atomic mass is 9.78. The zero-order valence-electron chi connectivity index (χ0n) is 21.7. The number of fused-ring (bicyclic) bond motifs is 1. The van der Waals surface area contributed by atoms with Crippen molar-refractivity contribution < 1.29 is 28.8 Å². The van der Waals surface area contributed by atoms with Gasteiger partial charge in [-0.05, 0) is 43.4 Å². The first-order chi connectivity index (χ1) is 18.3. The Morgan fingerprint density at radius 1 is 1.16 bits per heavy atom. The van der Waals surface area contributed by atoms with Crippen LogP contribution in [0.1, 0.15) is 87.3 Å². The molecule has 0 radical (unpaired) electrons. The lowest BCUT2D eigenvalue weighted by Crippen LogP contribution is -2.52. The molecule has 1 aromatic carbocycles. The Kier molecular flexibility index (Phi) is 7.61. The Morgan fingerprint density at radius 2 is 1.92 bits per heavy atom. The van der Waals surface area contributed by atoms with E-state index in [2.05, 4.69) is 10.1 Å². The maximum Gasteiger partial charge on any atom is 0.307 e. The first-order valence-corrected chi connectivity index (χ1v) is 13.7. The highest BCUT2D eigenvalue weighted by molar-refractivity contribution is 6.31. The molecule has 1 N–H and O–H groups in total. The van der Waals surface area contributed by atoms with E-state index < -0.39 is 24.0 Å². The molecule has 2 aromatic rings. The number of carboxylic acid groups (broad SMARTS) is 1. The van der Waals surface area contributed by atoms with Crippen molar-refractivity contribution in [2.24, 2.45) is 11.8 Å². The molecule has 1 aliphatic carbocycles. The van der Waals surface area contributed by atoms with Crippen molar-refractivity contribution >= 4 is 29.4 Å². The molecular weight excluding hydrogens is 512 g/mol. The zero-order valence-corrected chi connectivity index (χ0v) is 22.4. The predicted octanol–water partition coefficient (Wildman–Crippen LogP) is 4.32. The summed E-state index contributed by atoms with van der Waals surface area (Å²) in [5.74, 6) is -1.09. The van der Waals surface area contributed by atoms with Crippen LogP contribution in [0.5, 0.6) is 5.75 Å². The lowest BCUT2D eigenvalue weighted by Gasteiger charge is -2.45.